The predicted molar refractivity (Wildman–Crippen MR) is 175 cm³/mol. The van der Waals surface area contributed by atoms with E-state index >= 15 is 0 Å². The normalized spacial score (nSPS) is 11.9. The Labute approximate surface area is 239 Å². The molecule has 0 bridgehead atoms. The topological polar surface area (TPSA) is 9.86 Å². The van der Waals surface area contributed by atoms with Gasteiger partial charge in [0, 0.05) is 44.0 Å². The Kier molecular flexibility index (Phi) is 5.36. The van der Waals surface area contributed by atoms with Crippen molar-refractivity contribution in [3.8, 4) is 22.5 Å². The van der Waals surface area contributed by atoms with Crippen LogP contribution in [0.1, 0.15) is 25.3 Å². The van der Waals surface area contributed by atoms with E-state index in [-0.39, 0.29) is 0 Å². The first-order valence-electron chi connectivity index (χ1n) is 14.4. The Morgan fingerprint density at radius 3 is 1.49 bits per heavy atom. The first kappa shape index (κ1) is 23.8. The molecule has 0 amide bonds. The fraction of sp³-hybridized carbons (Fsp3) is 0.0769. The quantitative estimate of drug-likeness (QED) is 0.216. The zero-order chi connectivity index (χ0) is 27.5. The van der Waals surface area contributed by atoms with Crippen molar-refractivity contribution in [1.82, 2.24) is 9.13 Å². The van der Waals surface area contributed by atoms with Gasteiger partial charge in [0.05, 0.1) is 22.1 Å². The van der Waals surface area contributed by atoms with Gasteiger partial charge in [-0.1, -0.05) is 111 Å². The van der Waals surface area contributed by atoms with Crippen molar-refractivity contribution in [3.05, 3.63) is 145 Å². The second-order valence-corrected chi connectivity index (χ2v) is 11.2. The van der Waals surface area contributed by atoms with Gasteiger partial charge in [-0.15, -0.1) is 0 Å². The number of hydrogen-bond donors (Lipinski definition) is 0. The standard InChI is InChI=1S/C39H30N2/c1-26(2)27-23-24-37-35(25-27)34-21-12-20-33(39(34)41(37)29-15-7-4-8-16-29)32-19-11-18-31-30-17-9-10-22-36(30)40(38(31)32)28-13-5-3-6-14-28/h3-26H,1-2H3. The molecule has 2 nitrogen and oxygen atoms in total. The minimum Gasteiger partial charge on any atom is -0.309 e. The first-order chi connectivity index (χ1) is 20.2. The molecular weight excluding hydrogens is 496 g/mol. The number of fused-ring (bicyclic) bond motifs is 6. The van der Waals surface area contributed by atoms with Crippen LogP contribution in [-0.4, -0.2) is 9.13 Å². The second-order valence-electron chi connectivity index (χ2n) is 11.2. The van der Waals surface area contributed by atoms with Crippen molar-refractivity contribution in [2.45, 2.75) is 19.8 Å². The molecule has 2 heterocycles. The van der Waals surface area contributed by atoms with Crippen LogP contribution in [-0.2, 0) is 0 Å². The summed E-state index contributed by atoms with van der Waals surface area (Å²) in [5, 5.41) is 5.12. The fourth-order valence-corrected chi connectivity index (χ4v) is 6.59. The van der Waals surface area contributed by atoms with Crippen molar-refractivity contribution in [2.75, 3.05) is 0 Å². The molecule has 0 aliphatic heterocycles. The number of aromatic nitrogens is 2. The maximum atomic E-state index is 2.46. The van der Waals surface area contributed by atoms with Crippen LogP contribution in [0, 0.1) is 0 Å². The Bertz CT molecular complexity index is 2210. The van der Waals surface area contributed by atoms with Gasteiger partial charge in [0.2, 0.25) is 0 Å². The molecule has 6 aromatic carbocycles. The number of nitrogens with zero attached hydrogens (tertiary/aromatic N) is 2. The fourth-order valence-electron chi connectivity index (χ4n) is 6.59. The molecule has 2 heteroatoms. The number of benzene rings is 6. The van der Waals surface area contributed by atoms with E-state index in [0.29, 0.717) is 5.92 Å². The zero-order valence-electron chi connectivity index (χ0n) is 23.3. The van der Waals surface area contributed by atoms with Gasteiger partial charge in [-0.3, -0.25) is 0 Å². The third-order valence-electron chi connectivity index (χ3n) is 8.49. The molecule has 0 saturated heterocycles. The van der Waals surface area contributed by atoms with E-state index in [0.717, 1.165) is 0 Å². The summed E-state index contributed by atoms with van der Waals surface area (Å²) in [6.07, 6.45) is 0. The molecule has 0 spiro atoms. The van der Waals surface area contributed by atoms with Crippen LogP contribution in [0.25, 0.3) is 66.1 Å². The molecule has 0 aliphatic rings. The highest BCUT2D eigenvalue weighted by Gasteiger charge is 2.21. The molecule has 8 rings (SSSR count). The summed E-state index contributed by atoms with van der Waals surface area (Å²) in [7, 11) is 0. The van der Waals surface area contributed by atoms with E-state index in [9.17, 15) is 0 Å². The highest BCUT2D eigenvalue weighted by molar-refractivity contribution is 6.19. The molecular formula is C39H30N2. The largest absolute Gasteiger partial charge is 0.309 e. The maximum absolute atomic E-state index is 2.46. The number of hydrogen-bond acceptors (Lipinski definition) is 0. The van der Waals surface area contributed by atoms with Crippen LogP contribution < -0.4 is 0 Å². The first-order valence-corrected chi connectivity index (χ1v) is 14.4. The lowest BCUT2D eigenvalue weighted by Gasteiger charge is -2.15. The summed E-state index contributed by atoms with van der Waals surface area (Å²) in [6.45, 7) is 4.54. The predicted octanol–water partition coefficient (Wildman–Crippen LogP) is 10.7. The molecule has 0 fully saturated rings. The molecule has 0 atom stereocenters. The van der Waals surface area contributed by atoms with Gasteiger partial charge < -0.3 is 9.13 Å². The molecule has 41 heavy (non-hydrogen) atoms. The Morgan fingerprint density at radius 2 is 0.902 bits per heavy atom. The van der Waals surface area contributed by atoms with E-state index in [2.05, 4.69) is 163 Å². The van der Waals surface area contributed by atoms with Crippen LogP contribution in [0.4, 0.5) is 0 Å². The highest BCUT2D eigenvalue weighted by atomic mass is 15.0. The van der Waals surface area contributed by atoms with Gasteiger partial charge in [-0.05, 0) is 53.9 Å². The maximum Gasteiger partial charge on any atom is 0.0620 e. The third-order valence-corrected chi connectivity index (χ3v) is 8.49. The minimum absolute atomic E-state index is 0.466. The van der Waals surface area contributed by atoms with Gasteiger partial charge in [-0.2, -0.15) is 0 Å². The van der Waals surface area contributed by atoms with Gasteiger partial charge in [0.15, 0.2) is 0 Å². The minimum atomic E-state index is 0.466. The lowest BCUT2D eigenvalue weighted by atomic mass is 9.98. The van der Waals surface area contributed by atoms with Gasteiger partial charge >= 0.3 is 0 Å². The lowest BCUT2D eigenvalue weighted by Crippen LogP contribution is -1.98. The Balaban J connectivity index is 1.56. The van der Waals surface area contributed by atoms with E-state index in [1.165, 1.54) is 71.7 Å². The number of rotatable bonds is 4. The summed E-state index contributed by atoms with van der Waals surface area (Å²) in [4.78, 5) is 0. The zero-order valence-corrected chi connectivity index (χ0v) is 23.3. The second kappa shape index (κ2) is 9.25. The molecule has 0 N–H and O–H groups in total. The summed E-state index contributed by atoms with van der Waals surface area (Å²) in [6, 6.07) is 50.9. The molecule has 2 aromatic heterocycles. The van der Waals surface area contributed by atoms with Gasteiger partial charge in [0.1, 0.15) is 0 Å². The monoisotopic (exact) mass is 526 g/mol. The van der Waals surface area contributed by atoms with Crippen molar-refractivity contribution < 1.29 is 0 Å². The van der Waals surface area contributed by atoms with Crippen molar-refractivity contribution in [2.24, 2.45) is 0 Å². The van der Waals surface area contributed by atoms with Crippen molar-refractivity contribution in [3.63, 3.8) is 0 Å². The smallest absolute Gasteiger partial charge is 0.0620 e. The lowest BCUT2D eigenvalue weighted by molar-refractivity contribution is 0.868. The Morgan fingerprint density at radius 1 is 0.415 bits per heavy atom. The van der Waals surface area contributed by atoms with Gasteiger partial charge in [0.25, 0.3) is 0 Å². The summed E-state index contributed by atoms with van der Waals surface area (Å²) >= 11 is 0. The molecule has 0 aliphatic carbocycles. The van der Waals surface area contributed by atoms with Crippen LogP contribution in [0.5, 0.6) is 0 Å². The van der Waals surface area contributed by atoms with E-state index < -0.39 is 0 Å². The summed E-state index contributed by atoms with van der Waals surface area (Å²) < 4.78 is 4.89. The van der Waals surface area contributed by atoms with Crippen LogP contribution in [0.15, 0.2) is 140 Å². The van der Waals surface area contributed by atoms with Gasteiger partial charge in [-0.25, -0.2) is 0 Å². The van der Waals surface area contributed by atoms with E-state index in [1.54, 1.807) is 0 Å². The molecule has 196 valence electrons. The average molecular weight is 527 g/mol. The SMILES string of the molecule is CC(C)c1ccc2c(c1)c1cccc(-c3cccc4c5ccccc5n(-c5ccccc5)c34)c1n2-c1ccccc1. The molecule has 0 saturated carbocycles. The Hall–Kier alpha value is -5.08. The van der Waals surface area contributed by atoms with E-state index in [4.69, 9.17) is 0 Å². The van der Waals surface area contributed by atoms with Crippen molar-refractivity contribution in [1.29, 1.82) is 0 Å². The third kappa shape index (κ3) is 3.57. The van der Waals surface area contributed by atoms with E-state index in [1.807, 2.05) is 0 Å². The summed E-state index contributed by atoms with van der Waals surface area (Å²) in [5.74, 6) is 0.466. The van der Waals surface area contributed by atoms with Crippen LogP contribution >= 0.6 is 0 Å². The van der Waals surface area contributed by atoms with Crippen molar-refractivity contribution >= 4 is 43.6 Å². The average Bonchev–Trinajstić information content (AvgIpc) is 3.55. The van der Waals surface area contributed by atoms with Crippen LogP contribution in [0.2, 0.25) is 0 Å². The van der Waals surface area contributed by atoms with Crippen LogP contribution in [0.3, 0.4) is 0 Å². The molecule has 0 unspecified atom stereocenters. The summed E-state index contributed by atoms with van der Waals surface area (Å²) in [5.41, 5.74) is 11.1. The molecule has 0 radical (unpaired) electrons. The molecule has 8 aromatic rings. The number of para-hydroxylation sites is 5. The highest BCUT2D eigenvalue weighted by Crippen LogP contribution is 2.43.